The topological polar surface area (TPSA) is 12.9 Å². The molecular weight excluding hydrogens is 250 g/mol. The number of rotatable bonds is 0. The van der Waals surface area contributed by atoms with Crippen molar-refractivity contribution in [3.05, 3.63) is 41.1 Å². The van der Waals surface area contributed by atoms with E-state index in [0.717, 1.165) is 10.5 Å². The molecule has 0 aliphatic carbocycles. The van der Waals surface area contributed by atoms with E-state index < -0.39 is 0 Å². The van der Waals surface area contributed by atoms with Gasteiger partial charge in [-0.25, -0.2) is 4.98 Å². The third kappa shape index (κ3) is 2.04. The molecule has 0 amide bonds. The summed E-state index contributed by atoms with van der Waals surface area (Å²) < 4.78 is 1.35. The van der Waals surface area contributed by atoms with Crippen LogP contribution in [-0.2, 0) is 5.41 Å². The zero-order chi connectivity index (χ0) is 13.8. The normalized spacial score (nSPS) is 12.5. The Kier molecular flexibility index (Phi) is 2.68. The molecule has 19 heavy (non-hydrogen) atoms. The molecule has 0 bridgehead atoms. The van der Waals surface area contributed by atoms with Gasteiger partial charge in [-0.05, 0) is 54.7 Å². The molecule has 0 saturated heterocycles. The van der Waals surface area contributed by atoms with Crippen LogP contribution in [0.2, 0.25) is 0 Å². The molecule has 0 radical (unpaired) electrons. The summed E-state index contributed by atoms with van der Waals surface area (Å²) in [5, 5.41) is 2.63. The Morgan fingerprint density at radius 2 is 1.74 bits per heavy atom. The van der Waals surface area contributed by atoms with E-state index in [0.29, 0.717) is 0 Å². The second-order valence-corrected chi connectivity index (χ2v) is 7.35. The molecule has 2 heterocycles. The van der Waals surface area contributed by atoms with E-state index in [1.807, 2.05) is 0 Å². The van der Waals surface area contributed by atoms with E-state index in [1.165, 1.54) is 26.6 Å². The van der Waals surface area contributed by atoms with Gasteiger partial charge in [0.2, 0.25) is 0 Å². The number of nitrogens with zero attached hydrogens (tertiary/aromatic N) is 1. The van der Waals surface area contributed by atoms with Crippen LogP contribution in [0, 0.1) is 13.8 Å². The van der Waals surface area contributed by atoms with Crippen molar-refractivity contribution in [2.45, 2.75) is 40.0 Å². The van der Waals surface area contributed by atoms with Crippen molar-refractivity contribution in [1.29, 1.82) is 0 Å². The summed E-state index contributed by atoms with van der Waals surface area (Å²) in [6.45, 7) is 11.1. The van der Waals surface area contributed by atoms with Gasteiger partial charge >= 0.3 is 0 Å². The van der Waals surface area contributed by atoms with Crippen molar-refractivity contribution in [3.63, 3.8) is 0 Å². The Hall–Kier alpha value is -1.41. The fraction of sp³-hybridized carbons (Fsp3) is 0.353. The minimum absolute atomic E-state index is 0.192. The molecule has 0 atom stereocenters. The van der Waals surface area contributed by atoms with Gasteiger partial charge in [-0.2, -0.15) is 0 Å². The van der Waals surface area contributed by atoms with Gasteiger partial charge in [0.1, 0.15) is 4.83 Å². The second-order valence-electron chi connectivity index (χ2n) is 6.32. The highest BCUT2D eigenvalue weighted by atomic mass is 32.1. The zero-order valence-electron chi connectivity index (χ0n) is 12.2. The van der Waals surface area contributed by atoms with Crippen LogP contribution in [0.5, 0.6) is 0 Å². The fourth-order valence-corrected chi connectivity index (χ4v) is 3.85. The van der Waals surface area contributed by atoms with Gasteiger partial charge in [-0.15, -0.1) is 11.3 Å². The van der Waals surface area contributed by atoms with Crippen molar-refractivity contribution in [1.82, 2.24) is 4.98 Å². The summed E-state index contributed by atoms with van der Waals surface area (Å²) in [6.07, 6.45) is 0. The summed E-state index contributed by atoms with van der Waals surface area (Å²) in [5.74, 6) is 0. The van der Waals surface area contributed by atoms with Crippen molar-refractivity contribution in [2.75, 3.05) is 0 Å². The number of hydrogen-bond donors (Lipinski definition) is 0. The van der Waals surface area contributed by atoms with Crippen molar-refractivity contribution in [3.8, 4) is 0 Å². The fourth-order valence-electron chi connectivity index (χ4n) is 2.71. The highest BCUT2D eigenvalue weighted by Gasteiger charge is 2.18. The molecular formula is C17H19NS. The van der Waals surface area contributed by atoms with Gasteiger partial charge in [0.05, 0.1) is 0 Å². The van der Waals surface area contributed by atoms with Gasteiger partial charge in [0.15, 0.2) is 0 Å². The molecule has 0 saturated carbocycles. The first-order chi connectivity index (χ1) is 8.86. The standard InChI is InChI=1S/C17H19NS/c1-10-8-13-12-7-6-11(2)18-16(12)19-15(13)9-14(10)17(3,4)5/h6-9H,1-5H3. The number of thiophene rings is 1. The molecule has 1 aromatic carbocycles. The Morgan fingerprint density at radius 1 is 1.00 bits per heavy atom. The zero-order valence-corrected chi connectivity index (χ0v) is 13.0. The molecule has 0 spiro atoms. The van der Waals surface area contributed by atoms with Gasteiger partial charge in [0, 0.05) is 21.2 Å². The van der Waals surface area contributed by atoms with Crippen molar-refractivity contribution >= 4 is 31.6 Å². The lowest BCUT2D eigenvalue weighted by atomic mass is 9.84. The maximum Gasteiger partial charge on any atom is 0.124 e. The third-order valence-corrected chi connectivity index (χ3v) is 4.69. The lowest BCUT2D eigenvalue weighted by molar-refractivity contribution is 0.587. The van der Waals surface area contributed by atoms with Crippen molar-refractivity contribution in [2.24, 2.45) is 0 Å². The number of benzene rings is 1. The van der Waals surface area contributed by atoms with Gasteiger partial charge < -0.3 is 0 Å². The molecule has 3 rings (SSSR count). The van der Waals surface area contributed by atoms with Crippen LogP contribution in [0.25, 0.3) is 20.3 Å². The lowest BCUT2D eigenvalue weighted by Gasteiger charge is -2.21. The Labute approximate surface area is 118 Å². The first-order valence-electron chi connectivity index (χ1n) is 6.67. The van der Waals surface area contributed by atoms with Crippen molar-refractivity contribution < 1.29 is 0 Å². The third-order valence-electron chi connectivity index (χ3n) is 3.63. The van der Waals surface area contributed by atoms with Gasteiger partial charge in [-0.1, -0.05) is 20.8 Å². The molecule has 98 valence electrons. The first-order valence-corrected chi connectivity index (χ1v) is 7.49. The first kappa shape index (κ1) is 12.6. The quantitative estimate of drug-likeness (QED) is 0.535. The smallest absolute Gasteiger partial charge is 0.124 e. The van der Waals surface area contributed by atoms with Crippen LogP contribution in [0.4, 0.5) is 0 Å². The van der Waals surface area contributed by atoms with Crippen LogP contribution in [0.15, 0.2) is 24.3 Å². The van der Waals surface area contributed by atoms with Gasteiger partial charge in [0.25, 0.3) is 0 Å². The average Bonchev–Trinajstić information content (AvgIpc) is 2.63. The summed E-state index contributed by atoms with van der Waals surface area (Å²) in [6, 6.07) is 8.98. The number of pyridine rings is 1. The monoisotopic (exact) mass is 269 g/mol. The molecule has 0 aliphatic heterocycles. The summed E-state index contributed by atoms with van der Waals surface area (Å²) in [4.78, 5) is 5.81. The number of fused-ring (bicyclic) bond motifs is 3. The Balaban J connectivity index is 2.39. The number of hydrogen-bond acceptors (Lipinski definition) is 2. The van der Waals surface area contributed by atoms with Gasteiger partial charge in [-0.3, -0.25) is 0 Å². The predicted molar refractivity (Wildman–Crippen MR) is 85.3 cm³/mol. The lowest BCUT2D eigenvalue weighted by Crippen LogP contribution is -2.12. The maximum absolute atomic E-state index is 4.65. The molecule has 1 nitrogen and oxygen atoms in total. The molecule has 0 N–H and O–H groups in total. The minimum atomic E-state index is 0.192. The van der Waals surface area contributed by atoms with E-state index in [4.69, 9.17) is 0 Å². The predicted octanol–water partition coefficient (Wildman–Crippen LogP) is 5.36. The Bertz CT molecular complexity index is 775. The highest BCUT2D eigenvalue weighted by molar-refractivity contribution is 7.25. The van der Waals surface area contributed by atoms with E-state index >= 15 is 0 Å². The van der Waals surface area contributed by atoms with Crippen LogP contribution in [-0.4, -0.2) is 4.98 Å². The molecule has 0 fully saturated rings. The second kappa shape index (κ2) is 4.04. The molecule has 2 heteroatoms. The van der Waals surface area contributed by atoms with Crippen LogP contribution < -0.4 is 0 Å². The number of aryl methyl sites for hydroxylation is 2. The molecule has 0 aliphatic rings. The highest BCUT2D eigenvalue weighted by Crippen LogP contribution is 2.37. The summed E-state index contributed by atoms with van der Waals surface area (Å²) in [7, 11) is 0. The maximum atomic E-state index is 4.65. The number of aromatic nitrogens is 1. The van der Waals surface area contributed by atoms with E-state index in [9.17, 15) is 0 Å². The minimum Gasteiger partial charge on any atom is -0.242 e. The molecule has 2 aromatic heterocycles. The Morgan fingerprint density at radius 3 is 2.42 bits per heavy atom. The average molecular weight is 269 g/mol. The van der Waals surface area contributed by atoms with E-state index in [-0.39, 0.29) is 5.41 Å². The van der Waals surface area contributed by atoms with E-state index in [2.05, 4.69) is 63.9 Å². The summed E-state index contributed by atoms with van der Waals surface area (Å²) >= 11 is 1.80. The molecule has 3 aromatic rings. The van der Waals surface area contributed by atoms with Crippen LogP contribution in [0.1, 0.15) is 37.6 Å². The molecule has 0 unspecified atom stereocenters. The largest absolute Gasteiger partial charge is 0.242 e. The summed E-state index contributed by atoms with van der Waals surface area (Å²) in [5.41, 5.74) is 4.09. The van der Waals surface area contributed by atoms with E-state index in [1.54, 1.807) is 11.3 Å². The SMILES string of the molecule is Cc1ccc2c(n1)sc1cc(C(C)(C)C)c(C)cc12. The van der Waals surface area contributed by atoms with Crippen LogP contribution >= 0.6 is 11.3 Å². The van der Waals surface area contributed by atoms with Crippen LogP contribution in [0.3, 0.4) is 0 Å².